The van der Waals surface area contributed by atoms with E-state index in [2.05, 4.69) is 19.5 Å². The maximum Gasteiger partial charge on any atom is 0.357 e. The fraction of sp³-hybridized carbons (Fsp3) is 0.200. The fourth-order valence-electron chi connectivity index (χ4n) is 1.62. The first-order chi connectivity index (χ1) is 11.3. The zero-order valence-electron chi connectivity index (χ0n) is 12.4. The number of imidazole rings is 2. The van der Waals surface area contributed by atoms with Crippen molar-refractivity contribution in [1.29, 1.82) is 0 Å². The average Bonchev–Trinajstić information content (AvgIpc) is 3.04. The number of rotatable bonds is 4. The Labute approximate surface area is 133 Å². The smallest absolute Gasteiger partial charge is 0.357 e. The molecule has 0 unspecified atom stereocenters. The summed E-state index contributed by atoms with van der Waals surface area (Å²) in [4.78, 5) is 32.2. The molecule has 2 aromatic rings. The van der Waals surface area contributed by atoms with Crippen molar-refractivity contribution >= 4 is 24.1 Å². The third-order valence-electron chi connectivity index (χ3n) is 2.57. The Kier molecular flexibility index (Phi) is 5.89. The molecule has 2 aromatic heterocycles. The van der Waals surface area contributed by atoms with Gasteiger partial charge in [0.15, 0.2) is 12.7 Å². The summed E-state index contributed by atoms with van der Waals surface area (Å²) in [5.41, 5.74) is 16.3. The summed E-state index contributed by atoms with van der Waals surface area (Å²) < 4.78 is 2.47. The van der Waals surface area contributed by atoms with Crippen molar-refractivity contribution in [2.75, 3.05) is 0 Å². The Hall–Kier alpha value is -4.02. The minimum Gasteiger partial charge on any atom is -0.361 e. The van der Waals surface area contributed by atoms with Gasteiger partial charge >= 0.3 is 24.1 Å². The molecule has 0 aliphatic carbocycles. The summed E-state index contributed by atoms with van der Waals surface area (Å²) in [5, 5.41) is 20.8. The molecule has 0 bridgehead atoms. The molecular weight excluding hydrogens is 324 g/mol. The molecule has 2 heterocycles. The van der Waals surface area contributed by atoms with Crippen LogP contribution < -0.4 is 0 Å². The first-order valence-electron chi connectivity index (χ1n) is 5.99. The van der Waals surface area contributed by atoms with Gasteiger partial charge in [-0.05, 0) is 9.85 Å². The maximum absolute atomic E-state index is 10.4. The third kappa shape index (κ3) is 4.00. The lowest BCUT2D eigenvalue weighted by Gasteiger charge is -1.91. The van der Waals surface area contributed by atoms with Gasteiger partial charge < -0.3 is 31.3 Å². The number of aromatic nitrogens is 4. The highest BCUT2D eigenvalue weighted by atomic mass is 16.6. The summed E-state index contributed by atoms with van der Waals surface area (Å²) in [6.45, 7) is 0. The summed E-state index contributed by atoms with van der Waals surface area (Å²) in [7, 11) is 2.97. The van der Waals surface area contributed by atoms with Crippen LogP contribution in [0, 0.1) is 20.2 Å². The van der Waals surface area contributed by atoms with Crippen molar-refractivity contribution in [3.05, 3.63) is 55.3 Å². The normalized spacial score (nSPS) is 9.08. The highest BCUT2D eigenvalue weighted by Gasteiger charge is 2.20. The van der Waals surface area contributed by atoms with Crippen LogP contribution in [0.25, 0.3) is 11.1 Å². The molecule has 2 rings (SSSR count). The Morgan fingerprint density at radius 2 is 1.29 bits per heavy atom. The third-order valence-corrected chi connectivity index (χ3v) is 2.57. The molecule has 0 saturated carbocycles. The van der Waals surface area contributed by atoms with Crippen LogP contribution in [0.3, 0.4) is 0 Å². The first-order valence-corrected chi connectivity index (χ1v) is 5.99. The summed E-state index contributed by atoms with van der Waals surface area (Å²) in [5.74, 6) is -0.402. The number of nitrogens with zero attached hydrogens (tertiary/aromatic N) is 10. The van der Waals surface area contributed by atoms with E-state index < -0.39 is 9.85 Å². The lowest BCUT2D eigenvalue weighted by molar-refractivity contribution is -0.392. The van der Waals surface area contributed by atoms with Crippen molar-refractivity contribution < 1.29 is 19.4 Å². The van der Waals surface area contributed by atoms with E-state index >= 15 is 0 Å². The standard InChI is InChI=1S/2C5H5N5O2/c2*1-9-3-7-4(2-8-6)5(9)10(11)12/h2*2-3H,1H3. The molecule has 0 atom stereocenters. The average molecular weight is 334 g/mol. The SMILES string of the molecule is Cn1cnc(C=[N+]=[N-])c1[N+](=O)[O-].Cn1cnc(C=[N+]=[N-])c1[N+](=O)[O-]. The quantitative estimate of drug-likeness (QED) is 0.247. The number of aryl methyl sites for hydroxylation is 2. The first kappa shape index (κ1) is 18.0. The molecule has 0 fully saturated rings. The second-order valence-electron chi connectivity index (χ2n) is 4.13. The van der Waals surface area contributed by atoms with E-state index in [4.69, 9.17) is 11.1 Å². The van der Waals surface area contributed by atoms with Crippen molar-refractivity contribution in [2.45, 2.75) is 0 Å². The van der Waals surface area contributed by atoms with E-state index in [9.17, 15) is 20.2 Å². The molecule has 124 valence electrons. The van der Waals surface area contributed by atoms with E-state index in [1.807, 2.05) is 0 Å². The Morgan fingerprint density at radius 1 is 0.958 bits per heavy atom. The fourth-order valence-corrected chi connectivity index (χ4v) is 1.62. The summed E-state index contributed by atoms with van der Waals surface area (Å²) in [6, 6.07) is 0. The van der Waals surface area contributed by atoms with E-state index in [0.717, 1.165) is 12.4 Å². The van der Waals surface area contributed by atoms with Crippen molar-refractivity contribution in [2.24, 2.45) is 14.1 Å². The highest BCUT2D eigenvalue weighted by molar-refractivity contribution is 5.77. The molecule has 0 aromatic carbocycles. The molecule has 14 nitrogen and oxygen atoms in total. The largest absolute Gasteiger partial charge is 0.361 e. The summed E-state index contributed by atoms with van der Waals surface area (Å²) >= 11 is 0. The Bertz CT molecular complexity index is 796. The van der Waals surface area contributed by atoms with E-state index in [-0.39, 0.29) is 23.0 Å². The van der Waals surface area contributed by atoms with Gasteiger partial charge in [0.25, 0.3) is 0 Å². The predicted molar refractivity (Wildman–Crippen MR) is 77.3 cm³/mol. The van der Waals surface area contributed by atoms with Crippen LogP contribution in [0.2, 0.25) is 0 Å². The van der Waals surface area contributed by atoms with Crippen LogP contribution in [0.15, 0.2) is 12.7 Å². The number of hydrogen-bond acceptors (Lipinski definition) is 6. The molecule has 0 radical (unpaired) electrons. The maximum atomic E-state index is 10.4. The minimum atomic E-state index is -0.593. The van der Waals surface area contributed by atoms with Crippen LogP contribution in [0.1, 0.15) is 11.4 Å². The molecule has 0 aliphatic heterocycles. The van der Waals surface area contributed by atoms with Crippen LogP contribution in [-0.2, 0) is 14.1 Å². The van der Waals surface area contributed by atoms with Crippen LogP contribution in [0.5, 0.6) is 0 Å². The summed E-state index contributed by atoms with van der Waals surface area (Å²) in [6.07, 6.45) is 4.38. The van der Waals surface area contributed by atoms with E-state index in [0.29, 0.717) is 0 Å². The lowest BCUT2D eigenvalue weighted by atomic mass is 10.5. The van der Waals surface area contributed by atoms with Gasteiger partial charge in [0.2, 0.25) is 11.4 Å². The van der Waals surface area contributed by atoms with E-state index in [1.54, 1.807) is 0 Å². The van der Waals surface area contributed by atoms with Gasteiger partial charge in [-0.1, -0.05) is 0 Å². The van der Waals surface area contributed by atoms with Gasteiger partial charge in [0.1, 0.15) is 0 Å². The molecular formula is C10H10N10O4. The van der Waals surface area contributed by atoms with E-state index in [1.165, 1.54) is 35.9 Å². The second kappa shape index (κ2) is 7.84. The number of hydrogen-bond donors (Lipinski definition) is 0. The Morgan fingerprint density at radius 3 is 1.54 bits per heavy atom. The monoisotopic (exact) mass is 334 g/mol. The molecule has 0 aliphatic rings. The van der Waals surface area contributed by atoms with Gasteiger partial charge in [-0.25, -0.2) is 19.1 Å². The molecule has 24 heavy (non-hydrogen) atoms. The van der Waals surface area contributed by atoms with Crippen molar-refractivity contribution in [1.82, 2.24) is 19.1 Å². The molecule has 0 spiro atoms. The van der Waals surface area contributed by atoms with Crippen LogP contribution in [0.4, 0.5) is 11.6 Å². The Balaban J connectivity index is 0.000000240. The van der Waals surface area contributed by atoms with Gasteiger partial charge in [-0.3, -0.25) is 0 Å². The van der Waals surface area contributed by atoms with Gasteiger partial charge in [0.05, 0.1) is 14.1 Å². The molecule has 0 saturated heterocycles. The zero-order chi connectivity index (χ0) is 18.3. The molecule has 0 N–H and O–H groups in total. The van der Waals surface area contributed by atoms with Crippen LogP contribution in [-0.4, -0.2) is 51.0 Å². The van der Waals surface area contributed by atoms with Gasteiger partial charge in [-0.2, -0.15) is 9.58 Å². The van der Waals surface area contributed by atoms with Gasteiger partial charge in [-0.15, -0.1) is 0 Å². The zero-order valence-corrected chi connectivity index (χ0v) is 12.4. The van der Waals surface area contributed by atoms with Crippen molar-refractivity contribution in [3.63, 3.8) is 0 Å². The van der Waals surface area contributed by atoms with Crippen LogP contribution >= 0.6 is 0 Å². The van der Waals surface area contributed by atoms with Gasteiger partial charge in [0, 0.05) is 0 Å². The number of nitro groups is 2. The predicted octanol–water partition coefficient (Wildman–Crippen LogP) is -0.0460. The highest BCUT2D eigenvalue weighted by Crippen LogP contribution is 2.13. The molecule has 14 heteroatoms. The minimum absolute atomic E-state index is 0.0324. The van der Waals surface area contributed by atoms with Crippen molar-refractivity contribution in [3.8, 4) is 0 Å². The topological polar surface area (TPSA) is 195 Å². The molecule has 0 amide bonds. The lowest BCUT2D eigenvalue weighted by Crippen LogP contribution is -1.99. The second-order valence-corrected chi connectivity index (χ2v) is 4.13.